The lowest BCUT2D eigenvalue weighted by atomic mass is 9.92. The van der Waals surface area contributed by atoms with Gasteiger partial charge in [-0.25, -0.2) is 0 Å². The van der Waals surface area contributed by atoms with Gasteiger partial charge in [0.25, 0.3) is 0 Å². The lowest BCUT2D eigenvalue weighted by Crippen LogP contribution is -2.62. The molecule has 2 unspecified atom stereocenters. The predicted octanol–water partition coefficient (Wildman–Crippen LogP) is 2.42. The number of nitrogens with zero attached hydrogens (tertiary/aromatic N) is 1. The lowest BCUT2D eigenvalue weighted by Gasteiger charge is -2.47. The largest absolute Gasteiger partial charge is 0.411 e. The van der Waals surface area contributed by atoms with Crippen LogP contribution in [0.1, 0.15) is 33.6 Å². The number of rotatable bonds is 6. The van der Waals surface area contributed by atoms with Crippen LogP contribution in [0.3, 0.4) is 0 Å². The Morgan fingerprint density at radius 1 is 1.42 bits per heavy atom. The van der Waals surface area contributed by atoms with Crippen molar-refractivity contribution in [2.24, 2.45) is 0 Å². The summed E-state index contributed by atoms with van der Waals surface area (Å²) < 4.78 is 40.4. The van der Waals surface area contributed by atoms with Crippen LogP contribution >= 0.6 is 0 Å². The van der Waals surface area contributed by atoms with E-state index in [4.69, 9.17) is 0 Å². The van der Waals surface area contributed by atoms with Crippen molar-refractivity contribution in [1.29, 1.82) is 0 Å². The highest BCUT2D eigenvalue weighted by atomic mass is 19.4. The average Bonchev–Trinajstić information content (AvgIpc) is 2.32. The fourth-order valence-corrected chi connectivity index (χ4v) is 2.38. The number of alkyl halides is 3. The highest BCUT2D eigenvalue weighted by Crippen LogP contribution is 2.23. The van der Waals surface area contributed by atoms with Gasteiger partial charge in [0.2, 0.25) is 0 Å². The molecular weight excluding hydrogens is 257 g/mol. The quantitative estimate of drug-likeness (QED) is 0.757. The highest BCUT2D eigenvalue weighted by molar-refractivity contribution is 4.93. The first-order chi connectivity index (χ1) is 8.77. The summed E-state index contributed by atoms with van der Waals surface area (Å²) in [7, 11) is 0. The summed E-state index contributed by atoms with van der Waals surface area (Å²) in [6.45, 7) is 8.13. The van der Waals surface area contributed by atoms with Gasteiger partial charge in [-0.05, 0) is 26.7 Å². The van der Waals surface area contributed by atoms with Crippen LogP contribution < -0.4 is 5.32 Å². The SMILES string of the molecule is CCC1(C)CNC(C)CN1CCCOCC(F)(F)F. The Labute approximate surface area is 113 Å². The average molecular weight is 282 g/mol. The van der Waals surface area contributed by atoms with Crippen LogP contribution in [0.15, 0.2) is 0 Å². The van der Waals surface area contributed by atoms with Crippen LogP contribution in [0.2, 0.25) is 0 Å². The third-order valence-corrected chi connectivity index (χ3v) is 3.83. The zero-order valence-corrected chi connectivity index (χ0v) is 12.0. The van der Waals surface area contributed by atoms with Crippen LogP contribution in [0.4, 0.5) is 13.2 Å². The molecule has 1 saturated heterocycles. The summed E-state index contributed by atoms with van der Waals surface area (Å²) in [5.41, 5.74) is 0.0938. The van der Waals surface area contributed by atoms with Gasteiger partial charge in [0.15, 0.2) is 0 Å². The Morgan fingerprint density at radius 2 is 2.11 bits per heavy atom. The number of piperazine rings is 1. The van der Waals surface area contributed by atoms with Crippen molar-refractivity contribution in [1.82, 2.24) is 10.2 Å². The molecule has 0 aromatic carbocycles. The summed E-state index contributed by atoms with van der Waals surface area (Å²) in [5.74, 6) is 0. The van der Waals surface area contributed by atoms with E-state index in [2.05, 4.69) is 35.7 Å². The van der Waals surface area contributed by atoms with Crippen molar-refractivity contribution in [3.63, 3.8) is 0 Å². The highest BCUT2D eigenvalue weighted by Gasteiger charge is 2.34. The monoisotopic (exact) mass is 282 g/mol. The molecule has 0 saturated carbocycles. The molecule has 0 aliphatic carbocycles. The third kappa shape index (κ3) is 5.67. The molecule has 0 radical (unpaired) electrons. The number of ether oxygens (including phenoxy) is 1. The zero-order valence-electron chi connectivity index (χ0n) is 12.0. The molecule has 114 valence electrons. The molecule has 0 amide bonds. The van der Waals surface area contributed by atoms with Gasteiger partial charge in [-0.15, -0.1) is 0 Å². The van der Waals surface area contributed by atoms with Gasteiger partial charge in [-0.3, -0.25) is 4.90 Å². The van der Waals surface area contributed by atoms with Crippen molar-refractivity contribution in [2.75, 3.05) is 32.8 Å². The van der Waals surface area contributed by atoms with Crippen LogP contribution in [0, 0.1) is 0 Å². The molecule has 6 heteroatoms. The van der Waals surface area contributed by atoms with Gasteiger partial charge in [0.1, 0.15) is 6.61 Å². The molecule has 2 atom stereocenters. The molecule has 1 aliphatic rings. The zero-order chi connectivity index (χ0) is 14.5. The van der Waals surface area contributed by atoms with Gasteiger partial charge >= 0.3 is 6.18 Å². The van der Waals surface area contributed by atoms with Gasteiger partial charge in [-0.2, -0.15) is 13.2 Å². The molecule has 1 N–H and O–H groups in total. The fraction of sp³-hybridized carbons (Fsp3) is 1.00. The van der Waals surface area contributed by atoms with Crippen molar-refractivity contribution < 1.29 is 17.9 Å². The third-order valence-electron chi connectivity index (χ3n) is 3.83. The van der Waals surface area contributed by atoms with E-state index in [1.807, 2.05) is 0 Å². The summed E-state index contributed by atoms with van der Waals surface area (Å²) in [5, 5.41) is 3.45. The molecule has 1 heterocycles. The van der Waals surface area contributed by atoms with E-state index in [9.17, 15) is 13.2 Å². The molecule has 0 aromatic rings. The van der Waals surface area contributed by atoms with E-state index >= 15 is 0 Å². The second-order valence-corrected chi connectivity index (χ2v) is 5.60. The molecule has 0 spiro atoms. The number of nitrogens with one attached hydrogen (secondary N) is 1. The maximum Gasteiger partial charge on any atom is 0.411 e. The number of hydrogen-bond acceptors (Lipinski definition) is 3. The summed E-state index contributed by atoms with van der Waals surface area (Å²) in [6.07, 6.45) is -2.56. The van der Waals surface area contributed by atoms with Crippen LogP contribution in [0.5, 0.6) is 0 Å². The normalized spacial score (nSPS) is 29.7. The van der Waals surface area contributed by atoms with Crippen LogP contribution in [-0.4, -0.2) is 55.5 Å². The summed E-state index contributed by atoms with van der Waals surface area (Å²) in [6, 6.07) is 0.427. The van der Waals surface area contributed by atoms with E-state index in [1.54, 1.807) is 0 Å². The first-order valence-corrected chi connectivity index (χ1v) is 6.90. The summed E-state index contributed by atoms with van der Waals surface area (Å²) in [4.78, 5) is 2.37. The first-order valence-electron chi connectivity index (χ1n) is 6.90. The topological polar surface area (TPSA) is 24.5 Å². The van der Waals surface area contributed by atoms with E-state index in [-0.39, 0.29) is 12.1 Å². The number of halogens is 3. The van der Waals surface area contributed by atoms with E-state index in [1.165, 1.54) is 0 Å². The molecule has 1 fully saturated rings. The van der Waals surface area contributed by atoms with Gasteiger partial charge in [0, 0.05) is 37.8 Å². The van der Waals surface area contributed by atoms with Crippen molar-refractivity contribution >= 4 is 0 Å². The van der Waals surface area contributed by atoms with Gasteiger partial charge in [0.05, 0.1) is 0 Å². The van der Waals surface area contributed by atoms with Crippen LogP contribution in [-0.2, 0) is 4.74 Å². The van der Waals surface area contributed by atoms with Crippen molar-refractivity contribution in [3.8, 4) is 0 Å². The molecule has 1 aliphatic heterocycles. The predicted molar refractivity (Wildman–Crippen MR) is 69.2 cm³/mol. The van der Waals surface area contributed by atoms with Crippen molar-refractivity contribution in [2.45, 2.75) is 51.4 Å². The lowest BCUT2D eigenvalue weighted by molar-refractivity contribution is -0.174. The molecule has 0 bridgehead atoms. The second-order valence-electron chi connectivity index (χ2n) is 5.60. The fourth-order valence-electron chi connectivity index (χ4n) is 2.38. The van der Waals surface area contributed by atoms with Crippen molar-refractivity contribution in [3.05, 3.63) is 0 Å². The Bertz CT molecular complexity index is 273. The van der Waals surface area contributed by atoms with E-state index in [0.29, 0.717) is 12.5 Å². The molecule has 3 nitrogen and oxygen atoms in total. The Hall–Kier alpha value is -0.330. The van der Waals surface area contributed by atoms with Gasteiger partial charge in [-0.1, -0.05) is 6.92 Å². The standard InChI is InChI=1S/C13H25F3N2O/c1-4-12(3)9-17-11(2)8-18(12)6-5-7-19-10-13(14,15)16/h11,17H,4-10H2,1-3H3. The smallest absolute Gasteiger partial charge is 0.372 e. The minimum Gasteiger partial charge on any atom is -0.372 e. The van der Waals surface area contributed by atoms with E-state index < -0.39 is 12.8 Å². The van der Waals surface area contributed by atoms with Crippen LogP contribution in [0.25, 0.3) is 0 Å². The van der Waals surface area contributed by atoms with Gasteiger partial charge < -0.3 is 10.1 Å². The minimum atomic E-state index is -4.22. The maximum absolute atomic E-state index is 11.9. The minimum absolute atomic E-state index is 0.0938. The molecular formula is C13H25F3N2O. The first kappa shape index (κ1) is 16.7. The second kappa shape index (κ2) is 6.90. The molecule has 1 rings (SSSR count). The molecule has 19 heavy (non-hydrogen) atoms. The maximum atomic E-state index is 11.9. The molecule has 0 aromatic heterocycles. The van der Waals surface area contributed by atoms with E-state index in [0.717, 1.165) is 26.1 Å². The summed E-state index contributed by atoms with van der Waals surface area (Å²) >= 11 is 0. The number of hydrogen-bond donors (Lipinski definition) is 1. The Kier molecular flexibility index (Phi) is 6.08. The Morgan fingerprint density at radius 3 is 2.68 bits per heavy atom. The Balaban J connectivity index is 2.29.